The van der Waals surface area contributed by atoms with E-state index < -0.39 is 6.04 Å². The van der Waals surface area contributed by atoms with Gasteiger partial charge in [-0.25, -0.2) is 9.07 Å². The molecule has 10 heteroatoms. The van der Waals surface area contributed by atoms with Gasteiger partial charge in [-0.3, -0.25) is 9.69 Å². The van der Waals surface area contributed by atoms with E-state index in [1.54, 1.807) is 16.8 Å². The van der Waals surface area contributed by atoms with E-state index in [0.29, 0.717) is 24.5 Å². The average Bonchev–Trinajstić information content (AvgIpc) is 3.30. The number of fused-ring (bicyclic) bond motifs is 1. The standard InChI is InChI=1S/C25H28FN7O2/c1-3-35-20-8-9-22-18(14-20)15-21(25(34)27-22)23(32-12-10-31(2)11-13-32)24-28-29-30-33(24)16-17-4-6-19(26)7-5-17/h4-9,14-15,23H,3,10-13,16H2,1-2H3,(H,27,34). The van der Waals surface area contributed by atoms with Crippen LogP contribution >= 0.6 is 0 Å². The summed E-state index contributed by atoms with van der Waals surface area (Å²) in [7, 11) is 2.09. The Balaban J connectivity index is 1.59. The van der Waals surface area contributed by atoms with Gasteiger partial charge in [-0.05, 0) is 66.4 Å². The van der Waals surface area contributed by atoms with Gasteiger partial charge in [0.1, 0.15) is 17.6 Å². The van der Waals surface area contributed by atoms with Crippen LogP contribution in [0.15, 0.2) is 53.3 Å². The van der Waals surface area contributed by atoms with E-state index in [4.69, 9.17) is 4.74 Å². The Hall–Kier alpha value is -3.63. The van der Waals surface area contributed by atoms with Gasteiger partial charge in [0.05, 0.1) is 13.2 Å². The summed E-state index contributed by atoms with van der Waals surface area (Å²) >= 11 is 0. The Kier molecular flexibility index (Phi) is 6.56. The first-order valence-corrected chi connectivity index (χ1v) is 11.7. The van der Waals surface area contributed by atoms with E-state index in [1.807, 2.05) is 31.2 Å². The lowest BCUT2D eigenvalue weighted by Crippen LogP contribution is -2.47. The number of tetrazole rings is 1. The molecule has 4 aromatic rings. The third-order valence-corrected chi connectivity index (χ3v) is 6.40. The second-order valence-corrected chi connectivity index (χ2v) is 8.80. The Labute approximate surface area is 202 Å². The highest BCUT2D eigenvalue weighted by molar-refractivity contribution is 5.80. The molecule has 1 aliphatic heterocycles. The van der Waals surface area contributed by atoms with E-state index in [-0.39, 0.29) is 11.4 Å². The van der Waals surface area contributed by atoms with Gasteiger partial charge < -0.3 is 14.6 Å². The zero-order chi connectivity index (χ0) is 24.4. The van der Waals surface area contributed by atoms with Crippen LogP contribution in [-0.2, 0) is 6.54 Å². The number of nitrogens with zero attached hydrogens (tertiary/aromatic N) is 6. The summed E-state index contributed by atoms with van der Waals surface area (Å²) in [6.45, 7) is 6.14. The van der Waals surface area contributed by atoms with Gasteiger partial charge in [-0.2, -0.15) is 0 Å². The number of hydrogen-bond donors (Lipinski definition) is 1. The number of aromatic nitrogens is 5. The summed E-state index contributed by atoms with van der Waals surface area (Å²) in [6, 6.07) is 13.4. The van der Waals surface area contributed by atoms with Crippen molar-refractivity contribution in [1.29, 1.82) is 0 Å². The number of rotatable bonds is 7. The van der Waals surface area contributed by atoms with Crippen LogP contribution in [0.5, 0.6) is 5.75 Å². The normalized spacial score (nSPS) is 16.0. The molecular formula is C25H28FN7O2. The fraction of sp³-hybridized carbons (Fsp3) is 0.360. The summed E-state index contributed by atoms with van der Waals surface area (Å²) in [6.07, 6.45) is 0. The first-order valence-electron chi connectivity index (χ1n) is 11.7. The molecule has 2 aromatic carbocycles. The van der Waals surface area contributed by atoms with E-state index in [0.717, 1.165) is 48.4 Å². The third-order valence-electron chi connectivity index (χ3n) is 6.40. The van der Waals surface area contributed by atoms with Crippen LogP contribution in [0.3, 0.4) is 0 Å². The molecule has 1 saturated heterocycles. The van der Waals surface area contributed by atoms with Crippen molar-refractivity contribution < 1.29 is 9.13 Å². The molecule has 182 valence electrons. The van der Waals surface area contributed by atoms with Crippen LogP contribution in [0.2, 0.25) is 0 Å². The lowest BCUT2D eigenvalue weighted by molar-refractivity contribution is 0.121. The van der Waals surface area contributed by atoms with Gasteiger partial charge >= 0.3 is 0 Å². The molecule has 0 radical (unpaired) electrons. The van der Waals surface area contributed by atoms with Gasteiger partial charge in [-0.1, -0.05) is 12.1 Å². The zero-order valence-electron chi connectivity index (χ0n) is 19.8. The Morgan fingerprint density at radius 2 is 1.86 bits per heavy atom. The molecule has 35 heavy (non-hydrogen) atoms. The van der Waals surface area contributed by atoms with E-state index >= 15 is 0 Å². The van der Waals surface area contributed by atoms with E-state index in [9.17, 15) is 9.18 Å². The molecule has 0 saturated carbocycles. The van der Waals surface area contributed by atoms with E-state index in [2.05, 4.69) is 37.4 Å². The van der Waals surface area contributed by atoms with Crippen LogP contribution < -0.4 is 10.3 Å². The number of likely N-dealkylation sites (N-methyl/N-ethyl adjacent to an activating group) is 1. The molecule has 1 unspecified atom stereocenters. The third kappa shape index (κ3) is 4.94. The lowest BCUT2D eigenvalue weighted by Gasteiger charge is -2.37. The molecule has 3 heterocycles. The molecule has 0 aliphatic carbocycles. The van der Waals surface area contributed by atoms with Crippen LogP contribution in [0.25, 0.3) is 10.9 Å². The summed E-state index contributed by atoms with van der Waals surface area (Å²) in [4.78, 5) is 20.9. The number of hydrogen-bond acceptors (Lipinski definition) is 7. The fourth-order valence-corrected chi connectivity index (χ4v) is 4.52. The topological polar surface area (TPSA) is 92.2 Å². The molecule has 1 aliphatic rings. The minimum Gasteiger partial charge on any atom is -0.494 e. The first-order chi connectivity index (χ1) is 17.0. The quantitative estimate of drug-likeness (QED) is 0.437. The minimum absolute atomic E-state index is 0.179. The highest BCUT2D eigenvalue weighted by Crippen LogP contribution is 2.29. The van der Waals surface area contributed by atoms with Crippen molar-refractivity contribution in [2.24, 2.45) is 0 Å². The molecule has 9 nitrogen and oxygen atoms in total. The van der Waals surface area contributed by atoms with Crippen LogP contribution in [0, 0.1) is 5.82 Å². The predicted molar refractivity (Wildman–Crippen MR) is 130 cm³/mol. The maximum Gasteiger partial charge on any atom is 0.253 e. The smallest absolute Gasteiger partial charge is 0.253 e. The fourth-order valence-electron chi connectivity index (χ4n) is 4.52. The Morgan fingerprint density at radius 3 is 2.60 bits per heavy atom. The number of H-pyrrole nitrogens is 1. The molecule has 1 fully saturated rings. The minimum atomic E-state index is -0.442. The largest absolute Gasteiger partial charge is 0.494 e. The number of aromatic amines is 1. The van der Waals surface area contributed by atoms with Gasteiger partial charge in [-0.15, -0.1) is 5.10 Å². The van der Waals surface area contributed by atoms with Crippen LogP contribution in [-0.4, -0.2) is 74.8 Å². The monoisotopic (exact) mass is 477 g/mol. The van der Waals surface area contributed by atoms with Gasteiger partial charge in [0, 0.05) is 42.6 Å². The molecule has 1 N–H and O–H groups in total. The van der Waals surface area contributed by atoms with Crippen molar-refractivity contribution in [2.45, 2.75) is 19.5 Å². The highest BCUT2D eigenvalue weighted by Gasteiger charge is 2.32. The van der Waals surface area contributed by atoms with Crippen molar-refractivity contribution in [2.75, 3.05) is 39.8 Å². The maximum atomic E-state index is 13.4. The van der Waals surface area contributed by atoms with Crippen molar-refractivity contribution in [3.8, 4) is 5.75 Å². The van der Waals surface area contributed by atoms with Crippen molar-refractivity contribution in [3.05, 3.63) is 81.7 Å². The molecule has 2 aromatic heterocycles. The Morgan fingerprint density at radius 1 is 1.09 bits per heavy atom. The van der Waals surface area contributed by atoms with Crippen molar-refractivity contribution in [3.63, 3.8) is 0 Å². The highest BCUT2D eigenvalue weighted by atomic mass is 19.1. The Bertz CT molecular complexity index is 1360. The van der Waals surface area contributed by atoms with Gasteiger partial charge in [0.25, 0.3) is 5.56 Å². The molecule has 0 spiro atoms. The van der Waals surface area contributed by atoms with Crippen molar-refractivity contribution >= 4 is 10.9 Å². The summed E-state index contributed by atoms with van der Waals surface area (Å²) in [5.74, 6) is 1.02. The number of benzene rings is 2. The number of ether oxygens (including phenoxy) is 1. The summed E-state index contributed by atoms with van der Waals surface area (Å²) in [5.41, 5.74) is 2.00. The SMILES string of the molecule is CCOc1ccc2[nH]c(=O)c(C(c3nnnn3Cc3ccc(F)cc3)N3CCN(C)CC3)cc2c1. The molecule has 1 atom stereocenters. The molecule has 5 rings (SSSR count). The molecule has 0 bridgehead atoms. The molecular weight excluding hydrogens is 449 g/mol. The van der Waals surface area contributed by atoms with Crippen LogP contribution in [0.4, 0.5) is 4.39 Å². The number of halogens is 1. The maximum absolute atomic E-state index is 13.4. The zero-order valence-corrected chi connectivity index (χ0v) is 19.8. The first kappa shape index (κ1) is 23.1. The molecule has 0 amide bonds. The van der Waals surface area contributed by atoms with Crippen LogP contribution in [0.1, 0.15) is 29.9 Å². The number of piperazine rings is 1. The van der Waals surface area contributed by atoms with Gasteiger partial charge in [0.15, 0.2) is 5.82 Å². The van der Waals surface area contributed by atoms with Crippen molar-refractivity contribution in [1.82, 2.24) is 35.0 Å². The van der Waals surface area contributed by atoms with E-state index in [1.165, 1.54) is 12.1 Å². The van der Waals surface area contributed by atoms with Gasteiger partial charge in [0.2, 0.25) is 0 Å². The average molecular weight is 478 g/mol. The number of nitrogens with one attached hydrogen (secondary N) is 1. The lowest BCUT2D eigenvalue weighted by atomic mass is 10.0. The number of pyridine rings is 1. The summed E-state index contributed by atoms with van der Waals surface area (Å²) < 4.78 is 20.8. The second-order valence-electron chi connectivity index (χ2n) is 8.80. The predicted octanol–water partition coefficient (Wildman–Crippen LogP) is 2.44. The summed E-state index contributed by atoms with van der Waals surface area (Å²) in [5, 5.41) is 13.4. The second kappa shape index (κ2) is 9.93.